The van der Waals surface area contributed by atoms with Crippen molar-refractivity contribution in [1.82, 2.24) is 0 Å². The molecule has 1 aromatic carbocycles. The predicted molar refractivity (Wildman–Crippen MR) is 70.8 cm³/mol. The lowest BCUT2D eigenvalue weighted by Gasteiger charge is -1.97. The maximum atomic E-state index is 11.0. The van der Waals surface area contributed by atoms with Crippen molar-refractivity contribution in [3.63, 3.8) is 0 Å². The predicted octanol–water partition coefficient (Wildman–Crippen LogP) is 0.531. The van der Waals surface area contributed by atoms with Gasteiger partial charge in [-0.3, -0.25) is 4.79 Å². The molecule has 92 valence electrons. The quantitative estimate of drug-likeness (QED) is 0.405. The maximum Gasteiger partial charge on any atom is 0.223 e. The van der Waals surface area contributed by atoms with Gasteiger partial charge in [0.15, 0.2) is 11.7 Å². The minimum atomic E-state index is -0.151. The Hall–Kier alpha value is -2.08. The van der Waals surface area contributed by atoms with E-state index in [0.717, 1.165) is 0 Å². The summed E-state index contributed by atoms with van der Waals surface area (Å²) < 4.78 is 0. The molecule has 7 heteroatoms. The van der Waals surface area contributed by atoms with Crippen LogP contribution in [0.25, 0.3) is 0 Å². The Morgan fingerprint density at radius 1 is 1.12 bits per heavy atom. The van der Waals surface area contributed by atoms with Crippen LogP contribution in [0.4, 0.5) is 5.69 Å². The standard InChI is InChI=1S/C10H13N5O.ClH/c1-6(16)7-2-4-8(5-3-7)14-10(13)15-9(11)12;/h2-5H,1H3,(H6,11,12,13,14,15);1H. The molecule has 0 aliphatic rings. The molecule has 0 heterocycles. The lowest BCUT2D eigenvalue weighted by atomic mass is 10.1. The van der Waals surface area contributed by atoms with Crippen LogP contribution >= 0.6 is 12.4 Å². The van der Waals surface area contributed by atoms with Crippen LogP contribution in [0.15, 0.2) is 34.3 Å². The summed E-state index contributed by atoms with van der Waals surface area (Å²) in [5, 5.41) is 0. The van der Waals surface area contributed by atoms with Crippen LogP contribution in [0.2, 0.25) is 0 Å². The van der Waals surface area contributed by atoms with E-state index in [9.17, 15) is 4.79 Å². The lowest BCUT2D eigenvalue weighted by molar-refractivity contribution is 0.101. The zero-order valence-corrected chi connectivity index (χ0v) is 10.1. The zero-order valence-electron chi connectivity index (χ0n) is 9.25. The van der Waals surface area contributed by atoms with E-state index in [4.69, 9.17) is 17.2 Å². The van der Waals surface area contributed by atoms with Crippen LogP contribution in [-0.2, 0) is 0 Å². The lowest BCUT2D eigenvalue weighted by Crippen LogP contribution is -2.26. The highest BCUT2D eigenvalue weighted by Crippen LogP contribution is 2.13. The largest absolute Gasteiger partial charge is 0.370 e. The Morgan fingerprint density at radius 3 is 2.06 bits per heavy atom. The van der Waals surface area contributed by atoms with Crippen molar-refractivity contribution < 1.29 is 4.79 Å². The fourth-order valence-corrected chi connectivity index (χ4v) is 1.06. The summed E-state index contributed by atoms with van der Waals surface area (Å²) in [4.78, 5) is 18.5. The summed E-state index contributed by atoms with van der Waals surface area (Å²) in [6.07, 6.45) is 0. The van der Waals surface area contributed by atoms with E-state index in [1.165, 1.54) is 6.92 Å². The number of nitrogens with zero attached hydrogens (tertiary/aromatic N) is 2. The average Bonchev–Trinajstić information content (AvgIpc) is 2.16. The van der Waals surface area contributed by atoms with Gasteiger partial charge in [-0.1, -0.05) is 0 Å². The van der Waals surface area contributed by atoms with Gasteiger partial charge in [0.1, 0.15) is 0 Å². The number of rotatable bonds is 2. The topological polar surface area (TPSA) is 120 Å². The number of ketones is 1. The molecule has 0 spiro atoms. The number of hydrogen-bond donors (Lipinski definition) is 3. The molecule has 0 amide bonds. The number of hydrogen-bond acceptors (Lipinski definition) is 2. The second-order valence-corrected chi connectivity index (χ2v) is 3.11. The van der Waals surface area contributed by atoms with E-state index in [1.54, 1.807) is 24.3 Å². The van der Waals surface area contributed by atoms with Gasteiger partial charge in [-0.05, 0) is 31.2 Å². The van der Waals surface area contributed by atoms with Crippen LogP contribution in [-0.4, -0.2) is 17.7 Å². The van der Waals surface area contributed by atoms with E-state index in [2.05, 4.69) is 9.98 Å². The molecule has 0 fully saturated rings. The molecule has 0 bridgehead atoms. The van der Waals surface area contributed by atoms with Gasteiger partial charge in [-0.25, -0.2) is 4.99 Å². The smallest absolute Gasteiger partial charge is 0.223 e. The second kappa shape index (κ2) is 6.49. The first kappa shape index (κ1) is 14.9. The number of carbonyl (C=O) groups is 1. The fourth-order valence-electron chi connectivity index (χ4n) is 1.06. The molecule has 1 rings (SSSR count). The van der Waals surface area contributed by atoms with Crippen LogP contribution < -0.4 is 17.2 Å². The number of benzene rings is 1. The Labute approximate surface area is 105 Å². The van der Waals surface area contributed by atoms with Crippen molar-refractivity contribution in [2.45, 2.75) is 6.92 Å². The van der Waals surface area contributed by atoms with Gasteiger partial charge in [0.2, 0.25) is 5.96 Å². The van der Waals surface area contributed by atoms with Gasteiger partial charge in [-0.2, -0.15) is 4.99 Å². The first-order valence-corrected chi connectivity index (χ1v) is 4.54. The number of Topliss-reactive ketones (excluding diaryl/α,β-unsaturated/α-hetero) is 1. The highest BCUT2D eigenvalue weighted by molar-refractivity contribution is 5.95. The first-order valence-electron chi connectivity index (χ1n) is 4.54. The van der Waals surface area contributed by atoms with Crippen molar-refractivity contribution in [2.24, 2.45) is 27.2 Å². The number of halogens is 1. The summed E-state index contributed by atoms with van der Waals surface area (Å²) in [5.41, 5.74) is 16.9. The van der Waals surface area contributed by atoms with Crippen molar-refractivity contribution in [1.29, 1.82) is 0 Å². The summed E-state index contributed by atoms with van der Waals surface area (Å²) in [7, 11) is 0. The van der Waals surface area contributed by atoms with E-state index in [0.29, 0.717) is 11.3 Å². The molecule has 6 nitrogen and oxygen atoms in total. The minimum absolute atomic E-state index is 0. The van der Waals surface area contributed by atoms with Crippen LogP contribution in [0.1, 0.15) is 17.3 Å². The molecule has 6 N–H and O–H groups in total. The molecule has 0 radical (unpaired) electrons. The normalized spacial score (nSPS) is 10.3. The van der Waals surface area contributed by atoms with Gasteiger partial charge in [0.05, 0.1) is 5.69 Å². The van der Waals surface area contributed by atoms with Gasteiger partial charge in [0.25, 0.3) is 0 Å². The van der Waals surface area contributed by atoms with Crippen LogP contribution in [0, 0.1) is 0 Å². The van der Waals surface area contributed by atoms with Crippen LogP contribution in [0.5, 0.6) is 0 Å². The van der Waals surface area contributed by atoms with Crippen molar-refractivity contribution >= 4 is 35.8 Å². The average molecular weight is 256 g/mol. The summed E-state index contributed by atoms with van der Waals surface area (Å²) in [5.74, 6) is -0.190. The Kier molecular flexibility index (Phi) is 5.70. The first-order chi connectivity index (χ1) is 7.49. The molecule has 0 aliphatic carbocycles. The third-order valence-electron chi connectivity index (χ3n) is 1.76. The molecule has 0 saturated heterocycles. The number of nitrogens with two attached hydrogens (primary N) is 3. The van der Waals surface area contributed by atoms with Crippen LogP contribution in [0.3, 0.4) is 0 Å². The Balaban J connectivity index is 0.00000256. The molecule has 0 atom stereocenters. The monoisotopic (exact) mass is 255 g/mol. The summed E-state index contributed by atoms with van der Waals surface area (Å²) in [6, 6.07) is 6.63. The van der Waals surface area contributed by atoms with Gasteiger partial charge in [-0.15, -0.1) is 12.4 Å². The van der Waals surface area contributed by atoms with Crippen molar-refractivity contribution in [2.75, 3.05) is 0 Å². The maximum absolute atomic E-state index is 11.0. The van der Waals surface area contributed by atoms with Gasteiger partial charge >= 0.3 is 0 Å². The third-order valence-corrected chi connectivity index (χ3v) is 1.76. The molecule has 1 aromatic rings. The number of aliphatic imine (C=N–C) groups is 2. The molecule has 0 aliphatic heterocycles. The zero-order chi connectivity index (χ0) is 12.1. The highest BCUT2D eigenvalue weighted by atomic mass is 35.5. The van der Waals surface area contributed by atoms with Gasteiger partial charge in [0, 0.05) is 5.56 Å². The minimum Gasteiger partial charge on any atom is -0.370 e. The molecular formula is C10H14ClN5O. The SMILES string of the molecule is CC(=O)c1ccc(N=C(N)N=C(N)N)cc1.Cl. The van der Waals surface area contributed by atoms with E-state index < -0.39 is 0 Å². The second-order valence-electron chi connectivity index (χ2n) is 3.11. The summed E-state index contributed by atoms with van der Waals surface area (Å²) >= 11 is 0. The molecule has 17 heavy (non-hydrogen) atoms. The van der Waals surface area contributed by atoms with E-state index in [-0.39, 0.29) is 30.1 Å². The van der Waals surface area contributed by atoms with Crippen molar-refractivity contribution in [3.05, 3.63) is 29.8 Å². The molecule has 0 saturated carbocycles. The van der Waals surface area contributed by atoms with Crippen molar-refractivity contribution in [3.8, 4) is 0 Å². The Bertz CT molecular complexity index is 448. The molecule has 0 aromatic heterocycles. The number of guanidine groups is 2. The summed E-state index contributed by atoms with van der Waals surface area (Å²) in [6.45, 7) is 1.49. The molecule has 0 unspecified atom stereocenters. The molecular weight excluding hydrogens is 242 g/mol. The third kappa shape index (κ3) is 4.98. The Morgan fingerprint density at radius 2 is 1.65 bits per heavy atom. The van der Waals surface area contributed by atoms with Gasteiger partial charge < -0.3 is 17.2 Å². The fraction of sp³-hybridized carbons (Fsp3) is 0.100. The van der Waals surface area contributed by atoms with E-state index >= 15 is 0 Å². The van der Waals surface area contributed by atoms with E-state index in [1.807, 2.05) is 0 Å². The number of carbonyl (C=O) groups excluding carboxylic acids is 1. The highest BCUT2D eigenvalue weighted by Gasteiger charge is 1.98.